The monoisotopic (exact) mass is 405 g/mol. The molecule has 21 heavy (non-hydrogen) atoms. The molecular formula is C15H20INO4. The number of aromatic hydroxyl groups is 1. The fourth-order valence-corrected chi connectivity index (χ4v) is 3.02. The first-order valence-corrected chi connectivity index (χ1v) is 7.75. The van der Waals surface area contributed by atoms with Crippen molar-refractivity contribution >= 4 is 29.1 Å². The van der Waals surface area contributed by atoms with Crippen LogP contribution in [0.4, 0.5) is 4.79 Å². The Morgan fingerprint density at radius 3 is 2.67 bits per heavy atom. The van der Waals surface area contributed by atoms with Crippen LogP contribution in [0, 0.1) is 0 Å². The molecule has 6 heteroatoms. The zero-order valence-corrected chi connectivity index (χ0v) is 14.8. The summed E-state index contributed by atoms with van der Waals surface area (Å²) < 4.78 is 10.7. The maximum Gasteiger partial charge on any atom is 0.410 e. The lowest BCUT2D eigenvalue weighted by molar-refractivity contribution is 0.0159. The molecule has 0 bridgehead atoms. The molecule has 1 atom stereocenters. The number of hydrogen-bond donors (Lipinski definition) is 1. The highest BCUT2D eigenvalue weighted by atomic mass is 127. The molecule has 1 aliphatic rings. The Bertz CT molecular complexity index is 553. The van der Waals surface area contributed by atoms with Gasteiger partial charge in [-0.3, -0.25) is 0 Å². The highest BCUT2D eigenvalue weighted by Crippen LogP contribution is 2.41. The highest BCUT2D eigenvalue weighted by Gasteiger charge is 2.33. The number of fused-ring (bicyclic) bond motifs is 1. The molecule has 0 spiro atoms. The second kappa shape index (κ2) is 5.90. The van der Waals surface area contributed by atoms with E-state index in [4.69, 9.17) is 7.80 Å². The molecule has 2 rings (SSSR count). The smallest absolute Gasteiger partial charge is 0.410 e. The number of phenolic OH excluding ortho intramolecular Hbond substituents is 1. The van der Waals surface area contributed by atoms with Gasteiger partial charge in [-0.25, -0.2) is 4.79 Å². The van der Waals surface area contributed by atoms with Gasteiger partial charge in [-0.15, -0.1) is 0 Å². The third kappa shape index (κ3) is 3.36. The van der Waals surface area contributed by atoms with E-state index in [1.807, 2.05) is 33.8 Å². The van der Waals surface area contributed by atoms with Gasteiger partial charge in [-0.05, 0) is 45.7 Å². The molecule has 0 aromatic heterocycles. The predicted octanol–water partition coefficient (Wildman–Crippen LogP) is 3.98. The summed E-state index contributed by atoms with van der Waals surface area (Å²) in [4.78, 5) is 14.0. The van der Waals surface area contributed by atoms with Crippen LogP contribution in [0.25, 0.3) is 0 Å². The third-order valence-electron chi connectivity index (χ3n) is 3.50. The molecule has 5 nitrogen and oxygen atoms in total. The average Bonchev–Trinajstić information content (AvgIpc) is 2.36. The van der Waals surface area contributed by atoms with Crippen molar-refractivity contribution in [1.29, 1.82) is 0 Å². The molecular weight excluding hydrogens is 385 g/mol. The molecule has 1 aliphatic heterocycles. The zero-order valence-electron chi connectivity index (χ0n) is 12.6. The van der Waals surface area contributed by atoms with Crippen molar-refractivity contribution in [2.24, 2.45) is 0 Å². The number of ether oxygens (including phenoxy) is 1. The van der Waals surface area contributed by atoms with E-state index in [1.54, 1.807) is 34.0 Å². The van der Waals surface area contributed by atoms with Crippen LogP contribution in [-0.4, -0.2) is 28.2 Å². The Hall–Kier alpha value is -1.18. The van der Waals surface area contributed by atoms with E-state index in [0.717, 1.165) is 11.1 Å². The van der Waals surface area contributed by atoms with Gasteiger partial charge in [0.25, 0.3) is 0 Å². The average molecular weight is 405 g/mol. The molecule has 1 heterocycles. The summed E-state index contributed by atoms with van der Waals surface area (Å²) in [6, 6.07) is 3.32. The summed E-state index contributed by atoms with van der Waals surface area (Å²) in [5.74, 6) is 0.616. The lowest BCUT2D eigenvalue weighted by atomic mass is 9.92. The van der Waals surface area contributed by atoms with Crippen molar-refractivity contribution in [3.63, 3.8) is 0 Å². The standard InChI is InChI=1S/C15H20INO4/c1-9-10-5-6-12(18)13(21-16)11(10)7-8-17(9)14(19)20-15(2,3)4/h5-6,9,18H,7-8H2,1-4H3. The van der Waals surface area contributed by atoms with Crippen LogP contribution >= 0.6 is 23.0 Å². The number of carbonyl (C=O) groups excluding carboxylic acids is 1. The van der Waals surface area contributed by atoms with E-state index < -0.39 is 5.60 Å². The largest absolute Gasteiger partial charge is 0.504 e. The summed E-state index contributed by atoms with van der Waals surface area (Å²) >= 11 is 1.76. The number of phenols is 1. The van der Waals surface area contributed by atoms with Gasteiger partial charge in [0.2, 0.25) is 0 Å². The van der Waals surface area contributed by atoms with Gasteiger partial charge in [-0.2, -0.15) is 0 Å². The van der Waals surface area contributed by atoms with Gasteiger partial charge in [0.05, 0.1) is 6.04 Å². The Morgan fingerprint density at radius 1 is 1.43 bits per heavy atom. The number of hydrogen-bond acceptors (Lipinski definition) is 4. The summed E-state index contributed by atoms with van der Waals surface area (Å²) in [6.45, 7) is 8.06. The maximum atomic E-state index is 12.3. The molecule has 1 aromatic rings. The Kier molecular flexibility index (Phi) is 4.55. The molecule has 1 aromatic carbocycles. The minimum atomic E-state index is -0.511. The maximum absolute atomic E-state index is 12.3. The lowest BCUT2D eigenvalue weighted by Crippen LogP contribution is -2.42. The Labute approximate surface area is 138 Å². The number of carbonyl (C=O) groups is 1. The molecule has 0 saturated heterocycles. The summed E-state index contributed by atoms with van der Waals surface area (Å²) in [6.07, 6.45) is 0.316. The van der Waals surface area contributed by atoms with Gasteiger partial charge in [0, 0.05) is 12.1 Å². The normalized spacial score (nSPS) is 18.1. The lowest BCUT2D eigenvalue weighted by Gasteiger charge is -2.36. The second-order valence-corrected chi connectivity index (χ2v) is 6.60. The Balaban J connectivity index is 2.29. The van der Waals surface area contributed by atoms with Crippen LogP contribution in [0.15, 0.2) is 12.1 Å². The number of halogens is 1. The molecule has 0 radical (unpaired) electrons. The zero-order chi connectivity index (χ0) is 15.8. The van der Waals surface area contributed by atoms with E-state index in [2.05, 4.69) is 0 Å². The second-order valence-electron chi connectivity index (χ2n) is 6.16. The van der Waals surface area contributed by atoms with Gasteiger partial charge >= 0.3 is 6.09 Å². The van der Waals surface area contributed by atoms with Crippen molar-refractivity contribution in [2.45, 2.75) is 45.8 Å². The van der Waals surface area contributed by atoms with Crippen LogP contribution in [0.3, 0.4) is 0 Å². The van der Waals surface area contributed by atoms with Crippen LogP contribution in [-0.2, 0) is 11.2 Å². The van der Waals surface area contributed by atoms with E-state index in [1.165, 1.54) is 0 Å². The topological polar surface area (TPSA) is 59.0 Å². The number of rotatable bonds is 1. The van der Waals surface area contributed by atoms with E-state index in [-0.39, 0.29) is 17.9 Å². The Morgan fingerprint density at radius 2 is 2.10 bits per heavy atom. The first kappa shape index (κ1) is 16.2. The summed E-state index contributed by atoms with van der Waals surface area (Å²) in [5, 5.41) is 9.85. The van der Waals surface area contributed by atoms with Crippen LogP contribution in [0.2, 0.25) is 0 Å². The SMILES string of the molecule is CC1c2ccc(O)c(OI)c2CCN1C(=O)OC(C)(C)C. The minimum absolute atomic E-state index is 0.116. The van der Waals surface area contributed by atoms with Crippen molar-refractivity contribution in [1.82, 2.24) is 4.90 Å². The van der Waals surface area contributed by atoms with Gasteiger partial charge < -0.3 is 17.8 Å². The van der Waals surface area contributed by atoms with E-state index >= 15 is 0 Å². The summed E-state index contributed by atoms with van der Waals surface area (Å²) in [5.41, 5.74) is 1.43. The third-order valence-corrected chi connectivity index (χ3v) is 3.94. The van der Waals surface area contributed by atoms with Gasteiger partial charge in [-0.1, -0.05) is 6.07 Å². The fraction of sp³-hybridized carbons (Fsp3) is 0.533. The van der Waals surface area contributed by atoms with Crippen molar-refractivity contribution in [3.8, 4) is 11.5 Å². The molecule has 116 valence electrons. The van der Waals surface area contributed by atoms with E-state index in [9.17, 15) is 9.90 Å². The fourth-order valence-electron chi connectivity index (χ4n) is 2.53. The molecule has 1 N–H and O–H groups in total. The first-order valence-electron chi connectivity index (χ1n) is 6.87. The van der Waals surface area contributed by atoms with Crippen molar-refractivity contribution in [3.05, 3.63) is 23.3 Å². The molecule has 0 saturated carbocycles. The molecule has 1 unspecified atom stereocenters. The highest BCUT2D eigenvalue weighted by molar-refractivity contribution is 14.1. The molecule has 1 amide bonds. The molecule has 0 aliphatic carbocycles. The number of amides is 1. The predicted molar refractivity (Wildman–Crippen MR) is 87.8 cm³/mol. The first-order chi connectivity index (χ1) is 9.74. The quantitative estimate of drug-likeness (QED) is 0.719. The summed E-state index contributed by atoms with van der Waals surface area (Å²) in [7, 11) is 0. The number of benzene rings is 1. The van der Waals surface area contributed by atoms with Crippen LogP contribution in [0.5, 0.6) is 11.5 Å². The van der Waals surface area contributed by atoms with Crippen LogP contribution in [0.1, 0.15) is 44.9 Å². The molecule has 0 fully saturated rings. The van der Waals surface area contributed by atoms with Gasteiger partial charge in [0.15, 0.2) is 34.5 Å². The number of nitrogens with zero attached hydrogens (tertiary/aromatic N) is 1. The van der Waals surface area contributed by atoms with Crippen LogP contribution < -0.4 is 3.07 Å². The van der Waals surface area contributed by atoms with Crippen molar-refractivity contribution < 1.29 is 17.7 Å². The minimum Gasteiger partial charge on any atom is -0.504 e. The van der Waals surface area contributed by atoms with E-state index in [0.29, 0.717) is 18.7 Å². The van der Waals surface area contributed by atoms with Crippen molar-refractivity contribution in [2.75, 3.05) is 6.54 Å². The van der Waals surface area contributed by atoms with Gasteiger partial charge in [0.1, 0.15) is 5.60 Å².